The van der Waals surface area contributed by atoms with Crippen molar-refractivity contribution in [2.75, 3.05) is 5.32 Å². The maximum Gasteiger partial charge on any atom is 0.231 e. The summed E-state index contributed by atoms with van der Waals surface area (Å²) in [4.78, 5) is 21.3. The van der Waals surface area contributed by atoms with E-state index in [0.717, 1.165) is 33.8 Å². The minimum Gasteiger partial charge on any atom is -0.326 e. The van der Waals surface area contributed by atoms with E-state index in [4.69, 9.17) is 0 Å². The average molecular weight is 357 g/mol. The quantitative estimate of drug-likeness (QED) is 0.693. The molecule has 1 N–H and O–H groups in total. The Morgan fingerprint density at radius 2 is 1.74 bits per heavy atom. The second-order valence-corrected chi connectivity index (χ2v) is 7.26. The Kier molecular flexibility index (Phi) is 4.71. The predicted molar refractivity (Wildman–Crippen MR) is 108 cm³/mol. The SMILES string of the molecule is Cc1cc(-c2ccc(NC(=O)C(C)c3ccnc(C4CC4)c3)cc2)ccn1. The highest BCUT2D eigenvalue weighted by atomic mass is 16.1. The molecule has 1 fully saturated rings. The van der Waals surface area contributed by atoms with Crippen molar-refractivity contribution in [3.63, 3.8) is 0 Å². The van der Waals surface area contributed by atoms with Crippen molar-refractivity contribution in [2.45, 2.75) is 38.5 Å². The van der Waals surface area contributed by atoms with Crippen LogP contribution in [0.2, 0.25) is 0 Å². The molecule has 4 rings (SSSR count). The van der Waals surface area contributed by atoms with Gasteiger partial charge in [-0.25, -0.2) is 0 Å². The van der Waals surface area contributed by atoms with E-state index >= 15 is 0 Å². The fourth-order valence-electron chi connectivity index (χ4n) is 3.21. The van der Waals surface area contributed by atoms with Gasteiger partial charge in [0.15, 0.2) is 0 Å². The molecule has 1 amide bonds. The number of pyridine rings is 2. The van der Waals surface area contributed by atoms with Crippen molar-refractivity contribution < 1.29 is 4.79 Å². The summed E-state index contributed by atoms with van der Waals surface area (Å²) < 4.78 is 0. The Balaban J connectivity index is 1.45. The molecule has 4 heteroatoms. The number of nitrogens with zero attached hydrogens (tertiary/aromatic N) is 2. The molecule has 1 aromatic carbocycles. The fraction of sp³-hybridized carbons (Fsp3) is 0.261. The number of carbonyl (C=O) groups is 1. The normalized spacial score (nSPS) is 14.6. The number of hydrogen-bond donors (Lipinski definition) is 1. The summed E-state index contributed by atoms with van der Waals surface area (Å²) in [6, 6.07) is 16.0. The molecule has 0 bridgehead atoms. The summed E-state index contributed by atoms with van der Waals surface area (Å²) in [5.41, 5.74) is 6.16. The first-order valence-corrected chi connectivity index (χ1v) is 9.40. The molecule has 0 spiro atoms. The zero-order valence-electron chi connectivity index (χ0n) is 15.6. The van der Waals surface area contributed by atoms with Gasteiger partial charge in [-0.1, -0.05) is 12.1 Å². The molecule has 27 heavy (non-hydrogen) atoms. The van der Waals surface area contributed by atoms with Crippen molar-refractivity contribution in [3.8, 4) is 11.1 Å². The van der Waals surface area contributed by atoms with Crippen molar-refractivity contribution in [1.29, 1.82) is 0 Å². The van der Waals surface area contributed by atoms with Crippen LogP contribution in [0.1, 0.15) is 48.6 Å². The Hall–Kier alpha value is -3.01. The first-order valence-electron chi connectivity index (χ1n) is 9.40. The third-order valence-corrected chi connectivity index (χ3v) is 5.08. The van der Waals surface area contributed by atoms with Crippen LogP contribution in [0.3, 0.4) is 0 Å². The van der Waals surface area contributed by atoms with Crippen molar-refractivity contribution in [2.24, 2.45) is 0 Å². The zero-order valence-corrected chi connectivity index (χ0v) is 15.6. The van der Waals surface area contributed by atoms with Crippen LogP contribution in [0.5, 0.6) is 0 Å². The van der Waals surface area contributed by atoms with E-state index in [1.165, 1.54) is 12.8 Å². The summed E-state index contributed by atoms with van der Waals surface area (Å²) >= 11 is 0. The van der Waals surface area contributed by atoms with Gasteiger partial charge >= 0.3 is 0 Å². The largest absolute Gasteiger partial charge is 0.326 e. The summed E-state index contributed by atoms with van der Waals surface area (Å²) in [6.45, 7) is 3.92. The van der Waals surface area contributed by atoms with Crippen LogP contribution in [-0.4, -0.2) is 15.9 Å². The molecule has 0 saturated heterocycles. The van der Waals surface area contributed by atoms with Crippen LogP contribution in [0.4, 0.5) is 5.69 Å². The molecule has 3 aromatic rings. The Bertz CT molecular complexity index is 961. The lowest BCUT2D eigenvalue weighted by molar-refractivity contribution is -0.117. The van der Waals surface area contributed by atoms with E-state index in [2.05, 4.69) is 27.4 Å². The number of nitrogens with one attached hydrogen (secondary N) is 1. The summed E-state index contributed by atoms with van der Waals surface area (Å²) in [7, 11) is 0. The number of aryl methyl sites for hydroxylation is 1. The third kappa shape index (κ3) is 4.05. The van der Waals surface area contributed by atoms with Gasteiger partial charge in [0, 0.05) is 35.4 Å². The number of amides is 1. The molecule has 1 saturated carbocycles. The number of benzene rings is 1. The monoisotopic (exact) mass is 357 g/mol. The molecule has 1 aliphatic rings. The Morgan fingerprint density at radius 3 is 2.44 bits per heavy atom. The third-order valence-electron chi connectivity index (χ3n) is 5.08. The van der Waals surface area contributed by atoms with Crippen LogP contribution in [0, 0.1) is 6.92 Å². The number of rotatable bonds is 5. The lowest BCUT2D eigenvalue weighted by Gasteiger charge is -2.14. The molecule has 1 atom stereocenters. The van der Waals surface area contributed by atoms with Crippen LogP contribution in [-0.2, 0) is 4.79 Å². The fourth-order valence-corrected chi connectivity index (χ4v) is 3.21. The summed E-state index contributed by atoms with van der Waals surface area (Å²) in [5.74, 6) is 0.369. The van der Waals surface area contributed by atoms with Crippen LogP contribution in [0.25, 0.3) is 11.1 Å². The second-order valence-electron chi connectivity index (χ2n) is 7.26. The Labute approximate surface area is 159 Å². The van der Waals surface area contributed by atoms with Gasteiger partial charge in [0.05, 0.1) is 5.92 Å². The van der Waals surface area contributed by atoms with Gasteiger partial charge in [0.1, 0.15) is 0 Å². The van der Waals surface area contributed by atoms with E-state index < -0.39 is 0 Å². The maximum atomic E-state index is 12.7. The highest BCUT2D eigenvalue weighted by Gasteiger charge is 2.26. The van der Waals surface area contributed by atoms with Gasteiger partial charge in [0.2, 0.25) is 5.91 Å². The number of hydrogen-bond acceptors (Lipinski definition) is 3. The van der Waals surface area contributed by atoms with Gasteiger partial charge in [-0.2, -0.15) is 0 Å². The maximum absolute atomic E-state index is 12.7. The topological polar surface area (TPSA) is 54.9 Å². The zero-order chi connectivity index (χ0) is 18.8. The molecular formula is C23H23N3O. The minimum absolute atomic E-state index is 0.00421. The highest BCUT2D eigenvalue weighted by Crippen LogP contribution is 2.39. The van der Waals surface area contributed by atoms with E-state index in [0.29, 0.717) is 5.92 Å². The summed E-state index contributed by atoms with van der Waals surface area (Å²) in [5, 5.41) is 3.02. The Morgan fingerprint density at radius 1 is 1.00 bits per heavy atom. The number of carbonyl (C=O) groups excluding carboxylic acids is 1. The number of aromatic nitrogens is 2. The van der Waals surface area contributed by atoms with Gasteiger partial charge in [-0.15, -0.1) is 0 Å². The molecule has 1 aliphatic carbocycles. The minimum atomic E-state index is -0.215. The standard InChI is InChI=1S/C23H23N3O/c1-15-13-20(10-11-24-15)17-5-7-21(8-6-17)26-23(27)16(2)19-9-12-25-22(14-19)18-3-4-18/h5-14,16,18H,3-4H2,1-2H3,(H,26,27). The van der Waals surface area contributed by atoms with Crippen molar-refractivity contribution in [3.05, 3.63) is 77.9 Å². The molecule has 4 nitrogen and oxygen atoms in total. The first-order chi connectivity index (χ1) is 13.1. The van der Waals surface area contributed by atoms with Crippen LogP contribution in [0.15, 0.2) is 60.9 Å². The van der Waals surface area contributed by atoms with E-state index in [1.807, 2.05) is 62.6 Å². The lowest BCUT2D eigenvalue weighted by Crippen LogP contribution is -2.19. The lowest BCUT2D eigenvalue weighted by atomic mass is 9.99. The second kappa shape index (κ2) is 7.31. The molecular weight excluding hydrogens is 334 g/mol. The van der Waals surface area contributed by atoms with Gasteiger partial charge < -0.3 is 5.32 Å². The van der Waals surface area contributed by atoms with E-state index in [1.54, 1.807) is 0 Å². The smallest absolute Gasteiger partial charge is 0.231 e. The van der Waals surface area contributed by atoms with Crippen LogP contribution >= 0.6 is 0 Å². The van der Waals surface area contributed by atoms with Crippen molar-refractivity contribution in [1.82, 2.24) is 9.97 Å². The highest BCUT2D eigenvalue weighted by molar-refractivity contribution is 5.95. The van der Waals surface area contributed by atoms with E-state index in [-0.39, 0.29) is 11.8 Å². The van der Waals surface area contributed by atoms with Gasteiger partial charge in [-0.3, -0.25) is 14.8 Å². The molecule has 136 valence electrons. The van der Waals surface area contributed by atoms with E-state index in [9.17, 15) is 4.79 Å². The molecule has 1 unspecified atom stereocenters. The first kappa shape index (κ1) is 17.4. The molecule has 0 aliphatic heterocycles. The summed E-state index contributed by atoms with van der Waals surface area (Å²) in [6.07, 6.45) is 6.05. The van der Waals surface area contributed by atoms with Gasteiger partial charge in [-0.05, 0) is 79.8 Å². The molecule has 0 radical (unpaired) electrons. The van der Waals surface area contributed by atoms with Gasteiger partial charge in [0.25, 0.3) is 0 Å². The van der Waals surface area contributed by atoms with Crippen LogP contribution < -0.4 is 5.32 Å². The number of anilines is 1. The average Bonchev–Trinajstić information content (AvgIpc) is 3.53. The predicted octanol–water partition coefficient (Wildman–Crippen LogP) is 5.07. The molecule has 2 heterocycles. The van der Waals surface area contributed by atoms with Crippen molar-refractivity contribution >= 4 is 11.6 Å². The molecule has 2 aromatic heterocycles.